The van der Waals surface area contributed by atoms with E-state index in [0.29, 0.717) is 15.5 Å². The third-order valence-corrected chi connectivity index (χ3v) is 6.16. The zero-order chi connectivity index (χ0) is 14.0. The topological polar surface area (TPSA) is 49.4 Å². The van der Waals surface area contributed by atoms with Gasteiger partial charge in [0, 0.05) is 18.1 Å². The predicted octanol–water partition coefficient (Wildman–Crippen LogP) is 2.02. The van der Waals surface area contributed by atoms with Crippen molar-refractivity contribution < 1.29 is 8.42 Å². The Bertz CT molecular complexity index is 554. The summed E-state index contributed by atoms with van der Waals surface area (Å²) in [5, 5.41) is 3.72. The van der Waals surface area contributed by atoms with Gasteiger partial charge in [-0.25, -0.2) is 8.42 Å². The van der Waals surface area contributed by atoms with Crippen molar-refractivity contribution in [2.45, 2.75) is 30.7 Å². The van der Waals surface area contributed by atoms with Crippen LogP contribution in [0.15, 0.2) is 23.1 Å². The lowest BCUT2D eigenvalue weighted by molar-refractivity contribution is 0.296. The first-order valence-electron chi connectivity index (χ1n) is 6.38. The molecule has 0 unspecified atom stereocenters. The first-order valence-corrected chi connectivity index (χ1v) is 8.20. The third-order valence-electron chi connectivity index (χ3n) is 3.70. The second-order valence-electron chi connectivity index (χ2n) is 4.87. The molecule has 4 nitrogen and oxygen atoms in total. The summed E-state index contributed by atoms with van der Waals surface area (Å²) >= 11 is 6.02. The van der Waals surface area contributed by atoms with E-state index in [1.54, 1.807) is 32.2 Å². The number of nitrogens with one attached hydrogen (secondary N) is 1. The third kappa shape index (κ3) is 2.94. The Morgan fingerprint density at radius 3 is 2.58 bits per heavy atom. The predicted molar refractivity (Wildman–Crippen MR) is 77.0 cm³/mol. The Morgan fingerprint density at radius 1 is 1.32 bits per heavy atom. The second-order valence-corrected chi connectivity index (χ2v) is 7.24. The van der Waals surface area contributed by atoms with Crippen molar-refractivity contribution in [3.63, 3.8) is 0 Å². The molecule has 1 fully saturated rings. The van der Waals surface area contributed by atoms with Crippen LogP contribution in [0.3, 0.4) is 0 Å². The van der Waals surface area contributed by atoms with E-state index in [-0.39, 0.29) is 6.04 Å². The van der Waals surface area contributed by atoms with Crippen molar-refractivity contribution >= 4 is 21.6 Å². The molecule has 1 N–H and O–H groups in total. The van der Waals surface area contributed by atoms with Gasteiger partial charge < -0.3 is 5.32 Å². The molecule has 0 aromatic heterocycles. The molecule has 19 heavy (non-hydrogen) atoms. The Kier molecular flexibility index (Phi) is 4.50. The van der Waals surface area contributed by atoms with Gasteiger partial charge in [-0.2, -0.15) is 4.31 Å². The zero-order valence-corrected chi connectivity index (χ0v) is 12.8. The van der Waals surface area contributed by atoms with Gasteiger partial charge in [-0.1, -0.05) is 17.7 Å². The number of sulfonamides is 1. The summed E-state index contributed by atoms with van der Waals surface area (Å²) < 4.78 is 26.8. The van der Waals surface area contributed by atoms with Gasteiger partial charge in [0.1, 0.15) is 0 Å². The minimum absolute atomic E-state index is 0.0598. The van der Waals surface area contributed by atoms with Crippen LogP contribution in [0.4, 0.5) is 0 Å². The fourth-order valence-electron chi connectivity index (χ4n) is 2.39. The number of rotatable bonds is 3. The van der Waals surface area contributed by atoms with Crippen LogP contribution in [-0.4, -0.2) is 38.9 Å². The van der Waals surface area contributed by atoms with E-state index in [2.05, 4.69) is 5.32 Å². The minimum Gasteiger partial charge on any atom is -0.317 e. The molecule has 1 aliphatic heterocycles. The molecule has 2 rings (SSSR count). The normalized spacial score (nSPS) is 17.9. The quantitative estimate of drug-likeness (QED) is 0.929. The largest absolute Gasteiger partial charge is 0.317 e. The first-order chi connectivity index (χ1) is 8.94. The van der Waals surface area contributed by atoms with Crippen LogP contribution < -0.4 is 5.32 Å². The van der Waals surface area contributed by atoms with Crippen molar-refractivity contribution in [1.82, 2.24) is 9.62 Å². The van der Waals surface area contributed by atoms with E-state index in [4.69, 9.17) is 11.6 Å². The van der Waals surface area contributed by atoms with Gasteiger partial charge in [0.15, 0.2) is 0 Å². The number of piperidine rings is 1. The molecule has 0 spiro atoms. The zero-order valence-electron chi connectivity index (χ0n) is 11.2. The van der Waals surface area contributed by atoms with E-state index < -0.39 is 10.0 Å². The number of benzene rings is 1. The average molecular weight is 303 g/mol. The number of nitrogens with zero attached hydrogens (tertiary/aromatic N) is 1. The molecule has 1 aromatic rings. The summed E-state index contributed by atoms with van der Waals surface area (Å²) in [6, 6.07) is 5.07. The summed E-state index contributed by atoms with van der Waals surface area (Å²) in [4.78, 5) is 0.307. The lowest BCUT2D eigenvalue weighted by Crippen LogP contribution is -2.44. The second kappa shape index (κ2) is 5.79. The monoisotopic (exact) mass is 302 g/mol. The molecule has 1 aromatic carbocycles. The van der Waals surface area contributed by atoms with Crippen LogP contribution in [0.5, 0.6) is 0 Å². The number of hydrogen-bond donors (Lipinski definition) is 1. The van der Waals surface area contributed by atoms with Gasteiger partial charge >= 0.3 is 0 Å². The van der Waals surface area contributed by atoms with Crippen LogP contribution in [0.1, 0.15) is 18.4 Å². The molecular formula is C13H19ClN2O2S. The van der Waals surface area contributed by atoms with Gasteiger partial charge in [-0.05, 0) is 50.6 Å². The van der Waals surface area contributed by atoms with Gasteiger partial charge in [0.25, 0.3) is 0 Å². The molecule has 1 aliphatic rings. The summed E-state index contributed by atoms with van der Waals surface area (Å²) in [6.07, 6.45) is 1.69. The van der Waals surface area contributed by atoms with Gasteiger partial charge in [-0.15, -0.1) is 0 Å². The van der Waals surface area contributed by atoms with E-state index in [1.807, 2.05) is 0 Å². The average Bonchev–Trinajstić information content (AvgIpc) is 2.41. The van der Waals surface area contributed by atoms with Gasteiger partial charge in [0.2, 0.25) is 10.0 Å². The Hall–Kier alpha value is -0.620. The maximum Gasteiger partial charge on any atom is 0.243 e. The molecule has 1 heterocycles. The highest BCUT2D eigenvalue weighted by molar-refractivity contribution is 7.89. The lowest BCUT2D eigenvalue weighted by atomic mass is 10.1. The van der Waals surface area contributed by atoms with Crippen molar-refractivity contribution in [3.05, 3.63) is 28.8 Å². The Balaban J connectivity index is 2.33. The maximum absolute atomic E-state index is 12.7. The van der Waals surface area contributed by atoms with Crippen molar-refractivity contribution in [1.29, 1.82) is 0 Å². The maximum atomic E-state index is 12.7. The van der Waals surface area contributed by atoms with E-state index in [9.17, 15) is 8.42 Å². The molecule has 0 atom stereocenters. The minimum atomic E-state index is -3.47. The van der Waals surface area contributed by atoms with Gasteiger partial charge in [-0.3, -0.25) is 0 Å². The van der Waals surface area contributed by atoms with Crippen LogP contribution in [0.2, 0.25) is 5.02 Å². The van der Waals surface area contributed by atoms with Crippen LogP contribution in [0, 0.1) is 6.92 Å². The molecule has 0 radical (unpaired) electrons. The van der Waals surface area contributed by atoms with E-state index >= 15 is 0 Å². The summed E-state index contributed by atoms with van der Waals surface area (Å²) in [7, 11) is -1.81. The van der Waals surface area contributed by atoms with Crippen molar-refractivity contribution in [3.8, 4) is 0 Å². The Labute approximate surface area is 119 Å². The smallest absolute Gasteiger partial charge is 0.243 e. The van der Waals surface area contributed by atoms with Gasteiger partial charge in [0.05, 0.1) is 4.90 Å². The molecule has 0 bridgehead atoms. The number of hydrogen-bond acceptors (Lipinski definition) is 3. The SMILES string of the molecule is Cc1c(Cl)cccc1S(=O)(=O)N(C)C1CCNCC1. The first kappa shape index (κ1) is 14.8. The molecule has 0 saturated carbocycles. The van der Waals surface area contributed by atoms with E-state index in [1.165, 1.54) is 4.31 Å². The number of halogens is 1. The highest BCUT2D eigenvalue weighted by Crippen LogP contribution is 2.27. The van der Waals surface area contributed by atoms with Crippen LogP contribution in [-0.2, 0) is 10.0 Å². The summed E-state index contributed by atoms with van der Waals surface area (Å²) in [5.41, 5.74) is 0.616. The molecular weight excluding hydrogens is 284 g/mol. The van der Waals surface area contributed by atoms with Crippen LogP contribution in [0.25, 0.3) is 0 Å². The molecule has 0 amide bonds. The fraction of sp³-hybridized carbons (Fsp3) is 0.538. The lowest BCUT2D eigenvalue weighted by Gasteiger charge is -2.31. The Morgan fingerprint density at radius 2 is 1.95 bits per heavy atom. The highest BCUT2D eigenvalue weighted by Gasteiger charge is 2.30. The van der Waals surface area contributed by atoms with Crippen LogP contribution >= 0.6 is 11.6 Å². The summed E-state index contributed by atoms with van der Waals surface area (Å²) in [6.45, 7) is 3.46. The van der Waals surface area contributed by atoms with Crippen molar-refractivity contribution in [2.75, 3.05) is 20.1 Å². The highest BCUT2D eigenvalue weighted by atomic mass is 35.5. The molecule has 106 valence electrons. The summed E-state index contributed by atoms with van der Waals surface area (Å²) in [5.74, 6) is 0. The molecule has 1 saturated heterocycles. The molecule has 0 aliphatic carbocycles. The van der Waals surface area contributed by atoms with Crippen molar-refractivity contribution in [2.24, 2.45) is 0 Å². The fourth-order valence-corrected chi connectivity index (χ4v) is 4.28. The standard InChI is InChI=1S/C13H19ClN2O2S/c1-10-12(14)4-3-5-13(10)19(17,18)16(2)11-6-8-15-9-7-11/h3-5,11,15H,6-9H2,1-2H3. The molecule has 6 heteroatoms. The van der Waals surface area contributed by atoms with E-state index in [0.717, 1.165) is 25.9 Å².